The fourth-order valence-electron chi connectivity index (χ4n) is 3.19. The molecular formula is C13H24N2O4S. The standard InChI is InChI=1S/C13H24N2O4S/c1-10-6-2-3-7-11(10)14-20(18,19)15-9-5-4-8-12(15)13(16)17/h10-12,14H,2-9H2,1H3,(H,16,17). The lowest BCUT2D eigenvalue weighted by Gasteiger charge is -2.35. The maximum Gasteiger partial charge on any atom is 0.322 e. The number of piperidine rings is 1. The highest BCUT2D eigenvalue weighted by molar-refractivity contribution is 7.87. The van der Waals surface area contributed by atoms with E-state index in [4.69, 9.17) is 0 Å². The molecule has 2 fully saturated rings. The Balaban J connectivity index is 2.09. The molecule has 2 rings (SSSR count). The third-order valence-electron chi connectivity index (χ3n) is 4.46. The summed E-state index contributed by atoms with van der Waals surface area (Å²) in [6.45, 7) is 2.35. The van der Waals surface area contributed by atoms with Crippen molar-refractivity contribution < 1.29 is 18.3 Å². The SMILES string of the molecule is CC1CCCCC1NS(=O)(=O)N1CCCCC1C(=O)O. The van der Waals surface area contributed by atoms with Crippen LogP contribution in [0, 0.1) is 5.92 Å². The Morgan fingerprint density at radius 2 is 1.80 bits per heavy atom. The highest BCUT2D eigenvalue weighted by atomic mass is 32.2. The molecule has 2 N–H and O–H groups in total. The minimum absolute atomic E-state index is 0.0647. The van der Waals surface area contributed by atoms with Crippen molar-refractivity contribution in [3.8, 4) is 0 Å². The maximum absolute atomic E-state index is 12.5. The molecule has 2 aliphatic rings. The summed E-state index contributed by atoms with van der Waals surface area (Å²) in [5.41, 5.74) is 0. The van der Waals surface area contributed by atoms with Crippen molar-refractivity contribution in [3.63, 3.8) is 0 Å². The molecule has 0 aromatic heterocycles. The number of nitrogens with zero attached hydrogens (tertiary/aromatic N) is 1. The van der Waals surface area contributed by atoms with E-state index in [1.165, 1.54) is 0 Å². The van der Waals surface area contributed by atoms with Crippen LogP contribution in [0.25, 0.3) is 0 Å². The molecular weight excluding hydrogens is 280 g/mol. The largest absolute Gasteiger partial charge is 0.480 e. The third kappa shape index (κ3) is 3.51. The van der Waals surface area contributed by atoms with Crippen LogP contribution in [0.5, 0.6) is 0 Å². The number of rotatable bonds is 4. The Bertz CT molecular complexity index is 451. The van der Waals surface area contributed by atoms with Gasteiger partial charge in [-0.05, 0) is 38.0 Å². The van der Waals surface area contributed by atoms with E-state index >= 15 is 0 Å². The molecule has 3 unspecified atom stereocenters. The van der Waals surface area contributed by atoms with Gasteiger partial charge in [-0.2, -0.15) is 17.4 Å². The normalized spacial score (nSPS) is 33.0. The summed E-state index contributed by atoms with van der Waals surface area (Å²) in [5.74, 6) is -0.738. The first-order valence-corrected chi connectivity index (χ1v) is 8.88. The molecule has 1 saturated carbocycles. The summed E-state index contributed by atoms with van der Waals surface area (Å²) in [6.07, 6.45) is 5.92. The quantitative estimate of drug-likeness (QED) is 0.820. The summed E-state index contributed by atoms with van der Waals surface area (Å²) in [4.78, 5) is 11.2. The summed E-state index contributed by atoms with van der Waals surface area (Å²) >= 11 is 0. The fraction of sp³-hybridized carbons (Fsp3) is 0.923. The van der Waals surface area contributed by atoms with Crippen LogP contribution < -0.4 is 4.72 Å². The first kappa shape index (κ1) is 15.7. The average Bonchev–Trinajstić information content (AvgIpc) is 2.41. The second-order valence-electron chi connectivity index (χ2n) is 5.95. The van der Waals surface area contributed by atoms with Gasteiger partial charge < -0.3 is 5.11 Å². The number of nitrogens with one attached hydrogen (secondary N) is 1. The van der Waals surface area contributed by atoms with Crippen LogP contribution >= 0.6 is 0 Å². The second-order valence-corrected chi connectivity index (χ2v) is 7.61. The van der Waals surface area contributed by atoms with Gasteiger partial charge in [0.2, 0.25) is 0 Å². The smallest absolute Gasteiger partial charge is 0.322 e. The number of carboxylic acids is 1. The van der Waals surface area contributed by atoms with Crippen LogP contribution in [-0.2, 0) is 15.0 Å². The van der Waals surface area contributed by atoms with E-state index in [1.54, 1.807) is 0 Å². The second kappa shape index (κ2) is 6.41. The molecule has 0 spiro atoms. The first-order valence-electron chi connectivity index (χ1n) is 7.43. The van der Waals surface area contributed by atoms with E-state index in [0.29, 0.717) is 18.9 Å². The molecule has 0 radical (unpaired) electrons. The molecule has 3 atom stereocenters. The highest BCUT2D eigenvalue weighted by Crippen LogP contribution is 2.26. The number of carbonyl (C=O) groups is 1. The molecule has 1 aliphatic carbocycles. The monoisotopic (exact) mass is 304 g/mol. The van der Waals surface area contributed by atoms with Gasteiger partial charge in [0.05, 0.1) is 0 Å². The van der Waals surface area contributed by atoms with Gasteiger partial charge in [0.1, 0.15) is 6.04 Å². The molecule has 6 nitrogen and oxygen atoms in total. The molecule has 0 aromatic carbocycles. The van der Waals surface area contributed by atoms with Crippen LogP contribution in [0.15, 0.2) is 0 Å². The number of hydrogen-bond acceptors (Lipinski definition) is 3. The minimum Gasteiger partial charge on any atom is -0.480 e. The number of aliphatic carboxylic acids is 1. The summed E-state index contributed by atoms with van der Waals surface area (Å²) in [7, 11) is -3.71. The van der Waals surface area contributed by atoms with Crippen LogP contribution in [0.3, 0.4) is 0 Å². The predicted molar refractivity (Wildman–Crippen MR) is 75.5 cm³/mol. The van der Waals surface area contributed by atoms with E-state index in [-0.39, 0.29) is 6.04 Å². The van der Waals surface area contributed by atoms with Crippen LogP contribution in [-0.4, -0.2) is 42.4 Å². The Kier molecular flexibility index (Phi) is 5.04. The molecule has 116 valence electrons. The van der Waals surface area contributed by atoms with E-state index in [1.807, 2.05) is 0 Å². The zero-order chi connectivity index (χ0) is 14.8. The molecule has 1 saturated heterocycles. The third-order valence-corrected chi connectivity index (χ3v) is 6.11. The van der Waals surface area contributed by atoms with Crippen molar-refractivity contribution in [2.24, 2.45) is 5.92 Å². The zero-order valence-corrected chi connectivity index (χ0v) is 12.7. The van der Waals surface area contributed by atoms with E-state index in [9.17, 15) is 18.3 Å². The summed E-state index contributed by atoms with van der Waals surface area (Å²) in [6, 6.07) is -0.981. The van der Waals surface area contributed by atoms with Gasteiger partial charge in [-0.3, -0.25) is 4.79 Å². The topological polar surface area (TPSA) is 86.7 Å². The van der Waals surface area contributed by atoms with Gasteiger partial charge >= 0.3 is 5.97 Å². The Hall–Kier alpha value is -0.660. The van der Waals surface area contributed by atoms with Crippen molar-refractivity contribution in [3.05, 3.63) is 0 Å². The molecule has 20 heavy (non-hydrogen) atoms. The van der Waals surface area contributed by atoms with Crippen molar-refractivity contribution in [1.29, 1.82) is 0 Å². The fourth-order valence-corrected chi connectivity index (χ4v) is 4.96. The number of carboxylic acid groups (broad SMARTS) is 1. The van der Waals surface area contributed by atoms with Crippen LogP contribution in [0.4, 0.5) is 0 Å². The molecule has 0 bridgehead atoms. The van der Waals surface area contributed by atoms with E-state index < -0.39 is 22.2 Å². The number of hydrogen-bond donors (Lipinski definition) is 2. The Labute approximate surface area is 120 Å². The lowest BCUT2D eigenvalue weighted by molar-refractivity contribution is -0.142. The lowest BCUT2D eigenvalue weighted by atomic mass is 9.87. The molecule has 1 aliphatic heterocycles. The Morgan fingerprint density at radius 1 is 1.15 bits per heavy atom. The predicted octanol–water partition coefficient (Wildman–Crippen LogP) is 1.34. The summed E-state index contributed by atoms with van der Waals surface area (Å²) < 4.78 is 28.8. The summed E-state index contributed by atoms with van der Waals surface area (Å²) in [5, 5.41) is 9.20. The Morgan fingerprint density at radius 3 is 2.45 bits per heavy atom. The van der Waals surface area contributed by atoms with Crippen molar-refractivity contribution in [2.75, 3.05) is 6.54 Å². The molecule has 7 heteroatoms. The van der Waals surface area contributed by atoms with Gasteiger partial charge in [-0.1, -0.05) is 19.8 Å². The maximum atomic E-state index is 12.5. The van der Waals surface area contributed by atoms with E-state index in [0.717, 1.165) is 42.8 Å². The van der Waals surface area contributed by atoms with Gasteiger partial charge in [-0.25, -0.2) is 0 Å². The molecule has 1 heterocycles. The average molecular weight is 304 g/mol. The van der Waals surface area contributed by atoms with Crippen molar-refractivity contribution in [2.45, 2.75) is 64.0 Å². The van der Waals surface area contributed by atoms with Crippen molar-refractivity contribution >= 4 is 16.2 Å². The molecule has 0 amide bonds. The molecule has 0 aromatic rings. The van der Waals surface area contributed by atoms with Crippen LogP contribution in [0.2, 0.25) is 0 Å². The first-order chi connectivity index (χ1) is 9.42. The van der Waals surface area contributed by atoms with Gasteiger partial charge in [0.15, 0.2) is 0 Å². The lowest BCUT2D eigenvalue weighted by Crippen LogP contribution is -2.55. The van der Waals surface area contributed by atoms with Gasteiger partial charge in [0, 0.05) is 12.6 Å². The van der Waals surface area contributed by atoms with Crippen molar-refractivity contribution in [1.82, 2.24) is 9.03 Å². The minimum atomic E-state index is -3.71. The highest BCUT2D eigenvalue weighted by Gasteiger charge is 2.38. The van der Waals surface area contributed by atoms with Gasteiger partial charge in [0.25, 0.3) is 10.2 Å². The zero-order valence-electron chi connectivity index (χ0n) is 11.9. The van der Waals surface area contributed by atoms with E-state index in [2.05, 4.69) is 11.6 Å². The van der Waals surface area contributed by atoms with Gasteiger partial charge in [-0.15, -0.1) is 0 Å². The van der Waals surface area contributed by atoms with Crippen LogP contribution in [0.1, 0.15) is 51.9 Å².